The van der Waals surface area contributed by atoms with Gasteiger partial charge >= 0.3 is 0 Å². The van der Waals surface area contributed by atoms with Crippen LogP contribution in [-0.4, -0.2) is 76.1 Å². The maximum absolute atomic E-state index is 5.69. The molecule has 6 nitrogen and oxygen atoms in total. The Bertz CT molecular complexity index is 373. The molecule has 1 saturated carbocycles. The van der Waals surface area contributed by atoms with Crippen LogP contribution in [0.25, 0.3) is 0 Å². The van der Waals surface area contributed by atoms with Crippen LogP contribution in [0.15, 0.2) is 4.99 Å². The Hall–Kier alpha value is -0.120. The first-order chi connectivity index (χ1) is 12.3. The summed E-state index contributed by atoms with van der Waals surface area (Å²) < 4.78 is 11.2. The summed E-state index contributed by atoms with van der Waals surface area (Å²) in [6, 6.07) is 0.780. The summed E-state index contributed by atoms with van der Waals surface area (Å²) in [5.41, 5.74) is 0. The van der Waals surface area contributed by atoms with Gasteiger partial charge in [0.1, 0.15) is 0 Å². The third kappa shape index (κ3) is 9.71. The van der Waals surface area contributed by atoms with Crippen molar-refractivity contribution in [2.45, 2.75) is 64.0 Å². The van der Waals surface area contributed by atoms with E-state index in [0.29, 0.717) is 6.10 Å². The Labute approximate surface area is 176 Å². The van der Waals surface area contributed by atoms with Crippen LogP contribution in [-0.2, 0) is 9.47 Å². The van der Waals surface area contributed by atoms with Gasteiger partial charge in [0.05, 0.1) is 12.7 Å². The van der Waals surface area contributed by atoms with Crippen molar-refractivity contribution >= 4 is 29.9 Å². The second-order valence-corrected chi connectivity index (χ2v) is 7.17. The molecule has 2 aliphatic rings. The number of hydrogen-bond acceptors (Lipinski definition) is 4. The molecule has 0 radical (unpaired) electrons. The Morgan fingerprint density at radius 3 is 2.69 bits per heavy atom. The molecule has 7 heteroatoms. The number of halogens is 1. The van der Waals surface area contributed by atoms with Crippen molar-refractivity contribution < 1.29 is 9.47 Å². The van der Waals surface area contributed by atoms with Gasteiger partial charge in [0.25, 0.3) is 0 Å². The van der Waals surface area contributed by atoms with Crippen molar-refractivity contribution in [3.05, 3.63) is 0 Å². The van der Waals surface area contributed by atoms with Crippen molar-refractivity contribution in [3.8, 4) is 0 Å². The van der Waals surface area contributed by atoms with Crippen molar-refractivity contribution in [2.75, 3.05) is 53.0 Å². The highest BCUT2D eigenvalue weighted by Crippen LogP contribution is 2.21. The van der Waals surface area contributed by atoms with Crippen molar-refractivity contribution in [1.29, 1.82) is 0 Å². The zero-order valence-corrected chi connectivity index (χ0v) is 19.0. The second-order valence-electron chi connectivity index (χ2n) is 7.17. The van der Waals surface area contributed by atoms with E-state index in [1.54, 1.807) is 0 Å². The number of nitrogens with zero attached hydrogens (tertiary/aromatic N) is 2. The van der Waals surface area contributed by atoms with Crippen LogP contribution in [0.2, 0.25) is 0 Å². The molecule has 26 heavy (non-hydrogen) atoms. The molecule has 2 rings (SSSR count). The molecule has 0 amide bonds. The van der Waals surface area contributed by atoms with E-state index in [1.165, 1.54) is 32.1 Å². The summed E-state index contributed by atoms with van der Waals surface area (Å²) in [5, 5.41) is 6.77. The maximum atomic E-state index is 5.69. The van der Waals surface area contributed by atoms with Gasteiger partial charge in [-0.25, -0.2) is 0 Å². The van der Waals surface area contributed by atoms with Gasteiger partial charge in [-0.05, 0) is 46.1 Å². The summed E-state index contributed by atoms with van der Waals surface area (Å²) in [6.07, 6.45) is 9.08. The number of rotatable bonds is 11. The van der Waals surface area contributed by atoms with Gasteiger partial charge in [0, 0.05) is 45.4 Å². The first kappa shape index (κ1) is 23.9. The van der Waals surface area contributed by atoms with Crippen LogP contribution in [0.3, 0.4) is 0 Å². The molecule has 2 N–H and O–H groups in total. The number of hydrogen-bond donors (Lipinski definition) is 2. The highest BCUT2D eigenvalue weighted by atomic mass is 127. The normalized spacial score (nSPS) is 21.2. The lowest BCUT2D eigenvalue weighted by molar-refractivity contribution is 0.0171. The van der Waals surface area contributed by atoms with E-state index in [0.717, 1.165) is 70.8 Å². The van der Waals surface area contributed by atoms with Gasteiger partial charge in [0.15, 0.2) is 5.96 Å². The van der Waals surface area contributed by atoms with Crippen LogP contribution < -0.4 is 10.6 Å². The fourth-order valence-electron chi connectivity index (χ4n) is 3.57. The molecule has 0 aromatic heterocycles. The van der Waals surface area contributed by atoms with Crippen molar-refractivity contribution in [3.63, 3.8) is 0 Å². The van der Waals surface area contributed by atoms with Crippen LogP contribution in [0.4, 0.5) is 0 Å². The first-order valence-corrected chi connectivity index (χ1v) is 10.2. The van der Waals surface area contributed by atoms with Crippen molar-refractivity contribution in [2.24, 2.45) is 4.99 Å². The summed E-state index contributed by atoms with van der Waals surface area (Å²) >= 11 is 0. The minimum atomic E-state index is 0. The third-order valence-corrected chi connectivity index (χ3v) is 5.09. The van der Waals surface area contributed by atoms with Crippen LogP contribution in [0.5, 0.6) is 0 Å². The smallest absolute Gasteiger partial charge is 0.191 e. The minimum Gasteiger partial charge on any atom is -0.379 e. The Morgan fingerprint density at radius 2 is 2.00 bits per heavy atom. The summed E-state index contributed by atoms with van der Waals surface area (Å²) in [5.74, 6) is 0.918. The number of guanidine groups is 1. The van der Waals surface area contributed by atoms with E-state index >= 15 is 0 Å². The topological polar surface area (TPSA) is 58.1 Å². The first-order valence-electron chi connectivity index (χ1n) is 10.2. The average Bonchev–Trinajstić information content (AvgIpc) is 3.31. The largest absolute Gasteiger partial charge is 0.379 e. The van der Waals surface area contributed by atoms with Gasteiger partial charge in [0.2, 0.25) is 0 Å². The molecule has 0 aromatic carbocycles. The molecule has 1 unspecified atom stereocenters. The fraction of sp³-hybridized carbons (Fsp3) is 0.947. The summed E-state index contributed by atoms with van der Waals surface area (Å²) in [6.45, 7) is 8.17. The van der Waals surface area contributed by atoms with Crippen LogP contribution in [0, 0.1) is 0 Å². The molecule has 2 fully saturated rings. The lowest BCUT2D eigenvalue weighted by atomic mass is 10.2. The Kier molecular flexibility index (Phi) is 13.7. The molecule has 1 atom stereocenters. The molecule has 0 aromatic rings. The SMILES string of the molecule is CCNC(=NCCCOCC1CCCO1)NCCN(C)C1CCCC1.I. The number of ether oxygens (including phenoxy) is 2. The molecular weight excluding hydrogens is 443 g/mol. The second kappa shape index (κ2) is 14.9. The number of aliphatic imine (C=N–C) groups is 1. The monoisotopic (exact) mass is 482 g/mol. The minimum absolute atomic E-state index is 0. The molecule has 1 aliphatic heterocycles. The van der Waals surface area contributed by atoms with E-state index in [1.807, 2.05) is 0 Å². The summed E-state index contributed by atoms with van der Waals surface area (Å²) in [4.78, 5) is 7.13. The molecular formula is C19H39IN4O2. The summed E-state index contributed by atoms with van der Waals surface area (Å²) in [7, 11) is 2.24. The van der Waals surface area contributed by atoms with E-state index in [9.17, 15) is 0 Å². The quantitative estimate of drug-likeness (QED) is 0.205. The van der Waals surface area contributed by atoms with E-state index in [2.05, 4.69) is 34.5 Å². The predicted octanol–water partition coefficient (Wildman–Crippen LogP) is 2.62. The highest BCUT2D eigenvalue weighted by Gasteiger charge is 2.18. The maximum Gasteiger partial charge on any atom is 0.191 e. The molecule has 0 bridgehead atoms. The fourth-order valence-corrected chi connectivity index (χ4v) is 3.57. The van der Waals surface area contributed by atoms with Gasteiger partial charge in [-0.3, -0.25) is 4.99 Å². The molecule has 1 aliphatic carbocycles. The molecule has 1 saturated heterocycles. The van der Waals surface area contributed by atoms with Gasteiger partial charge in [-0.1, -0.05) is 12.8 Å². The van der Waals surface area contributed by atoms with Crippen LogP contribution in [0.1, 0.15) is 51.9 Å². The predicted molar refractivity (Wildman–Crippen MR) is 119 cm³/mol. The standard InChI is InChI=1S/C19H38N4O2.HI/c1-3-20-19(22-12-13-23(2)17-8-4-5-9-17)21-11-7-14-24-16-18-10-6-15-25-18;/h17-18H,3-16H2,1-2H3,(H2,20,21,22);1H. The average molecular weight is 482 g/mol. The van der Waals surface area contributed by atoms with E-state index in [-0.39, 0.29) is 24.0 Å². The molecule has 1 heterocycles. The van der Waals surface area contributed by atoms with Crippen LogP contribution >= 0.6 is 24.0 Å². The third-order valence-electron chi connectivity index (χ3n) is 5.09. The van der Waals surface area contributed by atoms with Gasteiger partial charge in [-0.2, -0.15) is 0 Å². The Morgan fingerprint density at radius 1 is 1.19 bits per heavy atom. The highest BCUT2D eigenvalue weighted by molar-refractivity contribution is 14.0. The van der Waals surface area contributed by atoms with Crippen molar-refractivity contribution in [1.82, 2.24) is 15.5 Å². The van der Waals surface area contributed by atoms with Gasteiger partial charge in [-0.15, -0.1) is 24.0 Å². The van der Waals surface area contributed by atoms with Gasteiger partial charge < -0.3 is 25.0 Å². The zero-order chi connectivity index (χ0) is 17.7. The van der Waals surface area contributed by atoms with E-state index < -0.39 is 0 Å². The Balaban J connectivity index is 0.00000338. The lowest BCUT2D eigenvalue weighted by Crippen LogP contribution is -2.42. The molecule has 154 valence electrons. The number of nitrogens with one attached hydrogen (secondary N) is 2. The van der Waals surface area contributed by atoms with E-state index in [4.69, 9.17) is 9.47 Å². The number of likely N-dealkylation sites (N-methyl/N-ethyl adjacent to an activating group) is 1. The lowest BCUT2D eigenvalue weighted by Gasteiger charge is -2.24. The molecule has 0 spiro atoms. The zero-order valence-electron chi connectivity index (χ0n) is 16.7.